The molecule has 23 heavy (non-hydrogen) atoms. The Kier molecular flexibility index (Phi) is 7.45. The van der Waals surface area contributed by atoms with Gasteiger partial charge >= 0.3 is 10.3 Å². The zero-order valence-corrected chi connectivity index (χ0v) is 14.3. The highest BCUT2D eigenvalue weighted by Crippen LogP contribution is 2.21. The van der Waals surface area contributed by atoms with E-state index in [0.717, 1.165) is 4.90 Å². The minimum atomic E-state index is -4.07. The lowest BCUT2D eigenvalue weighted by Gasteiger charge is -2.28. The van der Waals surface area contributed by atoms with Gasteiger partial charge in [-0.05, 0) is 31.0 Å². The molecule has 7 nitrogen and oxygen atoms in total. The van der Waals surface area contributed by atoms with E-state index in [1.807, 2.05) is 10.8 Å². The largest absolute Gasteiger partial charge is 0.530 e. The number of carbonyl (C=O) groups is 1. The maximum Gasteiger partial charge on any atom is 0.390 e. The second-order valence-corrected chi connectivity index (χ2v) is 6.34. The summed E-state index contributed by atoms with van der Waals surface area (Å²) in [4.78, 5) is 12.1. The molecule has 1 unspecified atom stereocenters. The minimum Gasteiger partial charge on any atom is -0.530 e. The highest BCUT2D eigenvalue weighted by atomic mass is 35.5. The van der Waals surface area contributed by atoms with Gasteiger partial charge in [-0.25, -0.2) is 0 Å². The lowest BCUT2D eigenvalue weighted by molar-refractivity contribution is -0.246. The van der Waals surface area contributed by atoms with Crippen LogP contribution in [0.15, 0.2) is 24.3 Å². The van der Waals surface area contributed by atoms with Gasteiger partial charge in [0.05, 0.1) is 6.04 Å². The quantitative estimate of drug-likeness (QED) is 0.585. The third kappa shape index (κ3) is 6.54. The summed E-state index contributed by atoms with van der Waals surface area (Å²) in [5.74, 6) is 2.42. The molecule has 1 atom stereocenters. The van der Waals surface area contributed by atoms with Crippen LogP contribution < -0.4 is 14.7 Å². The number of nitrogens with one attached hydrogen (secondary N) is 1. The molecule has 0 saturated carbocycles. The van der Waals surface area contributed by atoms with Crippen molar-refractivity contribution >= 4 is 45.3 Å². The summed E-state index contributed by atoms with van der Waals surface area (Å²) in [6.07, 6.45) is 0.428. The maximum atomic E-state index is 11.3. The molecule has 0 bridgehead atoms. The molecule has 0 aliphatic heterocycles. The Hall–Kier alpha value is -1.66. The molecular formula is C13H13Cl2N2O5S-. The van der Waals surface area contributed by atoms with Crippen LogP contribution in [0.1, 0.15) is 6.92 Å². The summed E-state index contributed by atoms with van der Waals surface area (Å²) in [6, 6.07) is 5.12. The van der Waals surface area contributed by atoms with E-state index >= 15 is 0 Å². The summed E-state index contributed by atoms with van der Waals surface area (Å²) in [7, 11) is -4.07. The SMILES string of the molecule is CC(C#COS(=O)(=O)NCCCl)N(C(=O)[O-])c1cccc(Cl)c1. The first-order valence-corrected chi connectivity index (χ1v) is 8.59. The van der Waals surface area contributed by atoms with Crippen LogP contribution in [0.5, 0.6) is 0 Å². The van der Waals surface area contributed by atoms with Crippen LogP contribution in [-0.2, 0) is 14.5 Å². The average Bonchev–Trinajstić information content (AvgIpc) is 2.45. The Morgan fingerprint density at radius 3 is 2.78 bits per heavy atom. The topological polar surface area (TPSA) is 98.8 Å². The van der Waals surface area contributed by atoms with Crippen LogP contribution in [0.4, 0.5) is 10.5 Å². The molecule has 0 radical (unpaired) electrons. The number of halogens is 2. The van der Waals surface area contributed by atoms with Crippen molar-refractivity contribution in [2.24, 2.45) is 0 Å². The summed E-state index contributed by atoms with van der Waals surface area (Å²) < 4.78 is 29.1. The smallest absolute Gasteiger partial charge is 0.390 e. The number of anilines is 1. The predicted octanol–water partition coefficient (Wildman–Crippen LogP) is 0.929. The van der Waals surface area contributed by atoms with Gasteiger partial charge in [-0.1, -0.05) is 17.7 Å². The fraction of sp³-hybridized carbons (Fsp3) is 0.308. The van der Waals surface area contributed by atoms with E-state index < -0.39 is 22.4 Å². The van der Waals surface area contributed by atoms with Crippen molar-refractivity contribution in [2.45, 2.75) is 13.0 Å². The zero-order chi connectivity index (χ0) is 17.5. The molecule has 1 amide bonds. The first-order chi connectivity index (χ1) is 10.8. The molecule has 0 aliphatic carbocycles. The Morgan fingerprint density at radius 1 is 1.52 bits per heavy atom. The third-order valence-electron chi connectivity index (χ3n) is 2.46. The first-order valence-electron chi connectivity index (χ1n) is 6.27. The van der Waals surface area contributed by atoms with E-state index in [2.05, 4.69) is 10.1 Å². The molecule has 1 aromatic carbocycles. The van der Waals surface area contributed by atoms with Gasteiger partial charge in [-0.2, -0.15) is 13.1 Å². The molecule has 0 heterocycles. The minimum absolute atomic E-state index is 0.0190. The number of benzene rings is 1. The molecule has 10 heteroatoms. The third-order valence-corrected chi connectivity index (χ3v) is 3.75. The number of carbonyl (C=O) groups excluding carboxylic acids is 1. The van der Waals surface area contributed by atoms with E-state index in [1.165, 1.54) is 19.1 Å². The van der Waals surface area contributed by atoms with E-state index in [0.29, 0.717) is 5.02 Å². The van der Waals surface area contributed by atoms with Gasteiger partial charge in [-0.15, -0.1) is 11.6 Å². The van der Waals surface area contributed by atoms with Crippen molar-refractivity contribution < 1.29 is 22.5 Å². The van der Waals surface area contributed by atoms with Crippen LogP contribution in [0.2, 0.25) is 5.02 Å². The number of hydrogen-bond donors (Lipinski definition) is 1. The van der Waals surface area contributed by atoms with Crippen molar-refractivity contribution in [1.29, 1.82) is 0 Å². The van der Waals surface area contributed by atoms with Gasteiger partial charge in [0.15, 0.2) is 0 Å². The summed E-state index contributed by atoms with van der Waals surface area (Å²) in [5.41, 5.74) is 0.238. The lowest BCUT2D eigenvalue weighted by Crippen LogP contribution is -2.46. The maximum absolute atomic E-state index is 11.3. The van der Waals surface area contributed by atoms with E-state index in [1.54, 1.807) is 12.1 Å². The number of rotatable bonds is 6. The monoisotopic (exact) mass is 379 g/mol. The van der Waals surface area contributed by atoms with Gasteiger partial charge in [0, 0.05) is 23.1 Å². The highest BCUT2D eigenvalue weighted by Gasteiger charge is 2.15. The number of carboxylic acid groups (broad SMARTS) is 1. The van der Waals surface area contributed by atoms with Gasteiger partial charge in [0.1, 0.15) is 12.2 Å². The fourth-order valence-electron chi connectivity index (χ4n) is 1.53. The molecule has 0 aliphatic rings. The number of alkyl halides is 1. The Morgan fingerprint density at radius 2 is 2.22 bits per heavy atom. The molecule has 1 N–H and O–H groups in total. The van der Waals surface area contributed by atoms with Gasteiger partial charge in [-0.3, -0.25) is 0 Å². The molecule has 0 fully saturated rings. The van der Waals surface area contributed by atoms with Crippen LogP contribution in [0.3, 0.4) is 0 Å². The number of amides is 1. The number of nitrogens with zero attached hydrogens (tertiary/aromatic N) is 1. The molecule has 0 aromatic heterocycles. The highest BCUT2D eigenvalue weighted by molar-refractivity contribution is 7.84. The molecular weight excluding hydrogens is 367 g/mol. The lowest BCUT2D eigenvalue weighted by atomic mass is 10.2. The molecule has 1 rings (SSSR count). The van der Waals surface area contributed by atoms with Crippen LogP contribution in [-0.4, -0.2) is 33.0 Å². The molecule has 126 valence electrons. The standard InChI is InChI=1S/C13H14Cl2N2O5S/c1-10(5-8-22-23(20,21)16-7-6-14)17(13(18)19)12-4-2-3-11(15)9-12/h2-4,9-10,16H,6-7H2,1H3,(H,18,19)/p-1. The van der Waals surface area contributed by atoms with Crippen LogP contribution in [0.25, 0.3) is 0 Å². The normalized spacial score (nSPS) is 12.0. The zero-order valence-electron chi connectivity index (χ0n) is 12.0. The Bertz CT molecular complexity index is 715. The summed E-state index contributed by atoms with van der Waals surface area (Å²) in [5, 5.41) is 11.6. The van der Waals surface area contributed by atoms with Crippen molar-refractivity contribution in [3.05, 3.63) is 29.3 Å². The van der Waals surface area contributed by atoms with E-state index in [9.17, 15) is 18.3 Å². The van der Waals surface area contributed by atoms with Crippen molar-refractivity contribution in [1.82, 2.24) is 4.72 Å². The predicted molar refractivity (Wildman–Crippen MR) is 85.3 cm³/mol. The van der Waals surface area contributed by atoms with Crippen molar-refractivity contribution in [3.63, 3.8) is 0 Å². The van der Waals surface area contributed by atoms with E-state index in [4.69, 9.17) is 23.2 Å². The van der Waals surface area contributed by atoms with E-state index in [-0.39, 0.29) is 18.1 Å². The fourth-order valence-corrected chi connectivity index (χ4v) is 2.49. The molecule has 1 aromatic rings. The summed E-state index contributed by atoms with van der Waals surface area (Å²) in [6.45, 7) is 1.42. The van der Waals surface area contributed by atoms with Gasteiger partial charge in [0.25, 0.3) is 0 Å². The van der Waals surface area contributed by atoms with Crippen molar-refractivity contribution in [2.75, 3.05) is 17.3 Å². The first kappa shape index (κ1) is 19.4. The molecule has 0 saturated heterocycles. The van der Waals surface area contributed by atoms with Crippen molar-refractivity contribution in [3.8, 4) is 12.0 Å². The van der Waals surface area contributed by atoms with Crippen LogP contribution >= 0.6 is 23.2 Å². The Labute approximate surface area is 144 Å². The second-order valence-electron chi connectivity index (χ2n) is 4.16. The summed E-state index contributed by atoms with van der Waals surface area (Å²) >= 11 is 11.2. The second kappa shape index (κ2) is 8.84. The number of hydrogen-bond acceptors (Lipinski definition) is 5. The van der Waals surface area contributed by atoms with Gasteiger partial charge < -0.3 is 19.0 Å². The Balaban J connectivity index is 2.87. The average molecular weight is 380 g/mol. The van der Waals surface area contributed by atoms with Gasteiger partial charge in [0.2, 0.25) is 0 Å². The van der Waals surface area contributed by atoms with Crippen LogP contribution in [0, 0.1) is 12.0 Å². The molecule has 0 spiro atoms.